The van der Waals surface area contributed by atoms with E-state index >= 15 is 0 Å². The number of anilines is 1. The van der Waals surface area contributed by atoms with E-state index in [2.05, 4.69) is 19.2 Å². The summed E-state index contributed by atoms with van der Waals surface area (Å²) in [5.74, 6) is 0.110. The second-order valence-electron chi connectivity index (χ2n) is 5.11. The maximum absolute atomic E-state index is 12.0. The Bertz CT molecular complexity index is 379. The zero-order chi connectivity index (χ0) is 14.1. The highest BCUT2D eigenvalue weighted by Crippen LogP contribution is 2.09. The van der Waals surface area contributed by atoms with Crippen molar-refractivity contribution in [2.45, 2.75) is 58.4 Å². The molecule has 0 aliphatic carbocycles. The monoisotopic (exact) mass is 298 g/mol. The number of rotatable bonds is 8. The molecule has 0 fully saturated rings. The smallest absolute Gasteiger partial charge is 0.224 e. The van der Waals surface area contributed by atoms with Crippen LogP contribution in [-0.2, 0) is 11.2 Å². The number of halogens is 1. The van der Waals surface area contributed by atoms with Crippen molar-refractivity contribution in [2.75, 3.05) is 5.73 Å². The molecule has 1 atom stereocenters. The van der Waals surface area contributed by atoms with E-state index in [1.165, 1.54) is 12.8 Å². The average Bonchev–Trinajstić information content (AvgIpc) is 2.39. The first-order chi connectivity index (χ1) is 9.15. The Labute approximate surface area is 128 Å². The summed E-state index contributed by atoms with van der Waals surface area (Å²) in [6, 6.07) is 7.82. The second-order valence-corrected chi connectivity index (χ2v) is 5.11. The third kappa shape index (κ3) is 7.39. The third-order valence-electron chi connectivity index (χ3n) is 3.25. The van der Waals surface area contributed by atoms with Crippen molar-refractivity contribution in [3.05, 3.63) is 29.8 Å². The average molecular weight is 299 g/mol. The first kappa shape index (κ1) is 18.8. The van der Waals surface area contributed by atoms with Gasteiger partial charge < -0.3 is 11.1 Å². The van der Waals surface area contributed by atoms with Gasteiger partial charge in [0.2, 0.25) is 5.91 Å². The van der Waals surface area contributed by atoms with Gasteiger partial charge in [-0.2, -0.15) is 0 Å². The molecule has 0 saturated carbocycles. The molecule has 0 aromatic heterocycles. The molecule has 114 valence electrons. The van der Waals surface area contributed by atoms with E-state index in [0.717, 1.165) is 30.5 Å². The highest BCUT2D eigenvalue weighted by molar-refractivity contribution is 5.85. The molecule has 0 aliphatic heterocycles. The van der Waals surface area contributed by atoms with Crippen molar-refractivity contribution in [2.24, 2.45) is 0 Å². The molecule has 1 rings (SSSR count). The summed E-state index contributed by atoms with van der Waals surface area (Å²) in [7, 11) is 0. The molecule has 1 amide bonds. The lowest BCUT2D eigenvalue weighted by Crippen LogP contribution is -2.35. The summed E-state index contributed by atoms with van der Waals surface area (Å²) >= 11 is 0. The summed E-state index contributed by atoms with van der Waals surface area (Å²) in [6.07, 6.45) is 6.04. The highest BCUT2D eigenvalue weighted by atomic mass is 35.5. The number of amides is 1. The summed E-state index contributed by atoms with van der Waals surface area (Å²) in [4.78, 5) is 12.0. The SMILES string of the molecule is CCCCC(CCC)NC(=O)Cc1ccc(N)cc1.Cl. The third-order valence-corrected chi connectivity index (χ3v) is 3.25. The fourth-order valence-corrected chi connectivity index (χ4v) is 2.19. The molecule has 1 aromatic rings. The van der Waals surface area contributed by atoms with Crippen molar-refractivity contribution in [1.82, 2.24) is 5.32 Å². The van der Waals surface area contributed by atoms with Gasteiger partial charge in [-0.25, -0.2) is 0 Å². The molecule has 20 heavy (non-hydrogen) atoms. The molecule has 4 heteroatoms. The van der Waals surface area contributed by atoms with E-state index in [9.17, 15) is 4.79 Å². The van der Waals surface area contributed by atoms with Crippen LogP contribution in [-0.4, -0.2) is 11.9 Å². The Morgan fingerprint density at radius 1 is 1.15 bits per heavy atom. The predicted octanol–water partition coefficient (Wildman–Crippen LogP) is 3.71. The van der Waals surface area contributed by atoms with Crippen LogP contribution < -0.4 is 11.1 Å². The van der Waals surface area contributed by atoms with Crippen LogP contribution >= 0.6 is 12.4 Å². The van der Waals surface area contributed by atoms with Gasteiger partial charge in [-0.1, -0.05) is 45.2 Å². The van der Waals surface area contributed by atoms with Crippen molar-refractivity contribution < 1.29 is 4.79 Å². The van der Waals surface area contributed by atoms with Gasteiger partial charge in [0, 0.05) is 11.7 Å². The minimum Gasteiger partial charge on any atom is -0.399 e. The van der Waals surface area contributed by atoms with Crippen LogP contribution in [0, 0.1) is 0 Å². The van der Waals surface area contributed by atoms with Gasteiger partial charge in [-0.3, -0.25) is 4.79 Å². The number of benzene rings is 1. The van der Waals surface area contributed by atoms with Gasteiger partial charge >= 0.3 is 0 Å². The molecular formula is C16H27ClN2O. The molecular weight excluding hydrogens is 272 g/mol. The standard InChI is InChI=1S/C16H26N2O.ClH/c1-3-5-7-15(6-4-2)18-16(19)12-13-8-10-14(17)11-9-13;/h8-11,15H,3-7,12,17H2,1-2H3,(H,18,19);1H. The van der Waals surface area contributed by atoms with Gasteiger partial charge in [0.25, 0.3) is 0 Å². The van der Waals surface area contributed by atoms with Crippen molar-refractivity contribution >= 4 is 24.0 Å². The van der Waals surface area contributed by atoms with Crippen LogP contribution in [0.3, 0.4) is 0 Å². The fraction of sp³-hybridized carbons (Fsp3) is 0.562. The summed E-state index contributed by atoms with van der Waals surface area (Å²) < 4.78 is 0. The molecule has 0 aliphatic rings. The zero-order valence-corrected chi connectivity index (χ0v) is 13.3. The number of hydrogen-bond donors (Lipinski definition) is 2. The van der Waals surface area contributed by atoms with Crippen LogP contribution in [0.25, 0.3) is 0 Å². The van der Waals surface area contributed by atoms with Crippen molar-refractivity contribution in [3.8, 4) is 0 Å². The predicted molar refractivity (Wildman–Crippen MR) is 88.2 cm³/mol. The first-order valence-corrected chi connectivity index (χ1v) is 7.29. The van der Waals surface area contributed by atoms with Crippen molar-refractivity contribution in [3.63, 3.8) is 0 Å². The van der Waals surface area contributed by atoms with Gasteiger partial charge in [-0.15, -0.1) is 12.4 Å². The molecule has 0 saturated heterocycles. The van der Waals surface area contributed by atoms with Gasteiger partial charge in [0.05, 0.1) is 6.42 Å². The summed E-state index contributed by atoms with van der Waals surface area (Å²) in [5, 5.41) is 3.15. The van der Waals surface area contributed by atoms with E-state index < -0.39 is 0 Å². The molecule has 1 aromatic carbocycles. The molecule has 0 spiro atoms. The maximum Gasteiger partial charge on any atom is 0.224 e. The number of hydrogen-bond acceptors (Lipinski definition) is 2. The van der Waals surface area contributed by atoms with E-state index in [4.69, 9.17) is 5.73 Å². The second kappa shape index (κ2) is 10.6. The van der Waals surface area contributed by atoms with Crippen LogP contribution in [0.2, 0.25) is 0 Å². The highest BCUT2D eigenvalue weighted by Gasteiger charge is 2.11. The first-order valence-electron chi connectivity index (χ1n) is 7.29. The van der Waals surface area contributed by atoms with E-state index in [-0.39, 0.29) is 18.3 Å². The minimum atomic E-state index is 0. The lowest BCUT2D eigenvalue weighted by molar-refractivity contribution is -0.121. The summed E-state index contributed by atoms with van der Waals surface area (Å²) in [6.45, 7) is 4.34. The normalized spacial score (nSPS) is 11.5. The number of carbonyl (C=O) groups excluding carboxylic acids is 1. The van der Waals surface area contributed by atoms with Crippen LogP contribution in [0.15, 0.2) is 24.3 Å². The van der Waals surface area contributed by atoms with Crippen LogP contribution in [0.5, 0.6) is 0 Å². The van der Waals surface area contributed by atoms with E-state index in [1.807, 2.05) is 24.3 Å². The Morgan fingerprint density at radius 2 is 1.80 bits per heavy atom. The molecule has 0 heterocycles. The number of carbonyl (C=O) groups is 1. The Hall–Kier alpha value is -1.22. The molecule has 0 radical (unpaired) electrons. The summed E-state index contributed by atoms with van der Waals surface area (Å²) in [5.41, 5.74) is 7.38. The Kier molecular flexibility index (Phi) is 9.91. The van der Waals surface area contributed by atoms with E-state index in [0.29, 0.717) is 12.5 Å². The topological polar surface area (TPSA) is 55.1 Å². The van der Waals surface area contributed by atoms with Gasteiger partial charge in [-0.05, 0) is 30.5 Å². The zero-order valence-electron chi connectivity index (χ0n) is 12.5. The van der Waals surface area contributed by atoms with E-state index in [1.54, 1.807) is 0 Å². The quantitative estimate of drug-likeness (QED) is 0.719. The van der Waals surface area contributed by atoms with Crippen molar-refractivity contribution in [1.29, 1.82) is 0 Å². The van der Waals surface area contributed by atoms with Gasteiger partial charge in [0.15, 0.2) is 0 Å². The van der Waals surface area contributed by atoms with Crippen LogP contribution in [0.4, 0.5) is 5.69 Å². The van der Waals surface area contributed by atoms with Crippen LogP contribution in [0.1, 0.15) is 51.5 Å². The molecule has 3 nitrogen and oxygen atoms in total. The maximum atomic E-state index is 12.0. The fourth-order valence-electron chi connectivity index (χ4n) is 2.19. The lowest BCUT2D eigenvalue weighted by Gasteiger charge is -2.17. The number of unbranched alkanes of at least 4 members (excludes halogenated alkanes) is 1. The number of nitrogens with two attached hydrogens (primary N) is 1. The minimum absolute atomic E-state index is 0. The molecule has 1 unspecified atom stereocenters. The number of nitrogens with one attached hydrogen (secondary N) is 1. The largest absolute Gasteiger partial charge is 0.399 e. The Balaban J connectivity index is 0.00000361. The lowest BCUT2D eigenvalue weighted by atomic mass is 10.0. The molecule has 0 bridgehead atoms. The van der Waals surface area contributed by atoms with Gasteiger partial charge in [0.1, 0.15) is 0 Å². The molecule has 3 N–H and O–H groups in total. The number of nitrogen functional groups attached to an aromatic ring is 1. The Morgan fingerprint density at radius 3 is 2.35 bits per heavy atom.